The lowest BCUT2D eigenvalue weighted by molar-refractivity contribution is 0.360. The van der Waals surface area contributed by atoms with Crippen molar-refractivity contribution in [2.24, 2.45) is 0 Å². The number of fused-ring (bicyclic) bond motifs is 1. The minimum absolute atomic E-state index is 0.242. The highest BCUT2D eigenvalue weighted by Gasteiger charge is 2.29. The fourth-order valence-electron chi connectivity index (χ4n) is 3.37. The van der Waals surface area contributed by atoms with E-state index in [-0.39, 0.29) is 4.90 Å². The predicted octanol–water partition coefficient (Wildman–Crippen LogP) is 4.53. The molecule has 0 fully saturated rings. The average Bonchev–Trinajstić information content (AvgIpc) is 2.73. The molecule has 0 amide bonds. The van der Waals surface area contributed by atoms with Crippen LogP contribution in [0.3, 0.4) is 0 Å². The van der Waals surface area contributed by atoms with Crippen LogP contribution < -0.4 is 9.04 Å². The molecule has 7 heteroatoms. The fraction of sp³-hybridized carbons (Fsp3) is 0.304. The molecule has 0 radical (unpaired) electrons. The molecule has 1 aliphatic heterocycles. The zero-order valence-corrected chi connectivity index (χ0v) is 18.7. The molecule has 0 atom stereocenters. The van der Waals surface area contributed by atoms with Crippen LogP contribution in [0.25, 0.3) is 0 Å². The quantitative estimate of drug-likeness (QED) is 0.531. The van der Waals surface area contributed by atoms with E-state index >= 15 is 0 Å². The van der Waals surface area contributed by atoms with Crippen LogP contribution >= 0.6 is 11.6 Å². The van der Waals surface area contributed by atoms with E-state index in [0.29, 0.717) is 23.9 Å². The maximum Gasteiger partial charge on any atom is 0.264 e. The first-order chi connectivity index (χ1) is 14.4. The lowest BCUT2D eigenvalue weighted by Crippen LogP contribution is -2.35. The number of sulfonamides is 1. The van der Waals surface area contributed by atoms with Crippen LogP contribution in [0.1, 0.15) is 12.0 Å². The second-order valence-electron chi connectivity index (χ2n) is 7.22. The first-order valence-corrected chi connectivity index (χ1v) is 11.7. The van der Waals surface area contributed by atoms with Gasteiger partial charge in [-0.2, -0.15) is 0 Å². The summed E-state index contributed by atoms with van der Waals surface area (Å²) in [5.41, 5.74) is 1.69. The van der Waals surface area contributed by atoms with Gasteiger partial charge in [-0.05, 0) is 67.9 Å². The summed E-state index contributed by atoms with van der Waals surface area (Å²) in [5, 5.41) is 0.510. The summed E-state index contributed by atoms with van der Waals surface area (Å²) < 4.78 is 33.6. The maximum atomic E-state index is 13.1. The zero-order chi connectivity index (χ0) is 21.6. The third-order valence-corrected chi connectivity index (χ3v) is 6.98. The molecular weight excluding hydrogens is 420 g/mol. The van der Waals surface area contributed by atoms with Gasteiger partial charge in [0, 0.05) is 24.7 Å². The van der Waals surface area contributed by atoms with Crippen molar-refractivity contribution in [1.82, 2.24) is 4.90 Å². The highest BCUT2D eigenvalue weighted by molar-refractivity contribution is 7.92. The summed E-state index contributed by atoms with van der Waals surface area (Å²) >= 11 is 5.90. The summed E-state index contributed by atoms with van der Waals surface area (Å²) in [6.07, 6.45) is 7.49. The normalized spacial score (nSPS) is 14.2. The van der Waals surface area contributed by atoms with Gasteiger partial charge in [0.1, 0.15) is 12.4 Å². The van der Waals surface area contributed by atoms with Gasteiger partial charge < -0.3 is 4.74 Å². The van der Waals surface area contributed by atoms with Crippen LogP contribution in [0.5, 0.6) is 5.75 Å². The minimum atomic E-state index is -3.63. The Bertz CT molecular complexity index is 1000. The van der Waals surface area contributed by atoms with E-state index in [2.05, 4.69) is 17.6 Å². The number of hydrogen-bond acceptors (Lipinski definition) is 4. The molecule has 0 saturated carbocycles. The SMILES string of the molecule is C=CCN(C)C/C=C/COc1ccc2c(c1)CCCN2S(=O)(=O)c1ccc(Cl)cc1. The topological polar surface area (TPSA) is 49.9 Å². The molecule has 0 spiro atoms. The molecule has 0 aliphatic carbocycles. The first kappa shape index (κ1) is 22.4. The number of halogens is 1. The summed E-state index contributed by atoms with van der Waals surface area (Å²) in [6, 6.07) is 11.9. The predicted molar refractivity (Wildman–Crippen MR) is 123 cm³/mol. The van der Waals surface area contributed by atoms with E-state index in [1.807, 2.05) is 37.4 Å². The van der Waals surface area contributed by atoms with Crippen molar-refractivity contribution in [2.75, 3.05) is 37.6 Å². The van der Waals surface area contributed by atoms with Gasteiger partial charge in [-0.25, -0.2) is 8.42 Å². The molecule has 2 aromatic carbocycles. The molecule has 0 aromatic heterocycles. The van der Waals surface area contributed by atoms with Crippen molar-refractivity contribution in [1.29, 1.82) is 0 Å². The third-order valence-electron chi connectivity index (χ3n) is 4.90. The van der Waals surface area contributed by atoms with E-state index in [9.17, 15) is 8.42 Å². The Hall–Kier alpha value is -2.28. The van der Waals surface area contributed by atoms with E-state index in [1.54, 1.807) is 24.3 Å². The van der Waals surface area contributed by atoms with Gasteiger partial charge in [-0.15, -0.1) is 6.58 Å². The molecule has 5 nitrogen and oxygen atoms in total. The summed E-state index contributed by atoms with van der Waals surface area (Å²) in [7, 11) is -1.60. The molecule has 1 heterocycles. The molecule has 160 valence electrons. The number of likely N-dealkylation sites (N-methyl/N-ethyl adjacent to an activating group) is 1. The molecule has 1 aliphatic rings. The van der Waals surface area contributed by atoms with E-state index in [0.717, 1.165) is 37.2 Å². The maximum absolute atomic E-state index is 13.1. The number of nitrogens with zero attached hydrogens (tertiary/aromatic N) is 2. The Balaban J connectivity index is 1.69. The van der Waals surface area contributed by atoms with Gasteiger partial charge in [0.2, 0.25) is 0 Å². The van der Waals surface area contributed by atoms with Gasteiger partial charge in [0.05, 0.1) is 10.6 Å². The Morgan fingerprint density at radius 1 is 1.17 bits per heavy atom. The van der Waals surface area contributed by atoms with Gasteiger partial charge in [-0.3, -0.25) is 9.21 Å². The number of ether oxygens (including phenoxy) is 1. The van der Waals surface area contributed by atoms with E-state index in [1.165, 1.54) is 4.31 Å². The monoisotopic (exact) mass is 446 g/mol. The van der Waals surface area contributed by atoms with Crippen molar-refractivity contribution in [3.8, 4) is 5.75 Å². The molecule has 3 rings (SSSR count). The minimum Gasteiger partial charge on any atom is -0.490 e. The molecule has 0 bridgehead atoms. The molecule has 30 heavy (non-hydrogen) atoms. The number of rotatable bonds is 9. The van der Waals surface area contributed by atoms with Gasteiger partial charge in [0.15, 0.2) is 0 Å². The second-order valence-corrected chi connectivity index (χ2v) is 9.52. The number of aryl methyl sites for hydroxylation is 1. The van der Waals surface area contributed by atoms with Gasteiger partial charge >= 0.3 is 0 Å². The van der Waals surface area contributed by atoms with Crippen molar-refractivity contribution in [3.63, 3.8) is 0 Å². The van der Waals surface area contributed by atoms with E-state index < -0.39 is 10.0 Å². The van der Waals surface area contributed by atoms with Crippen LogP contribution in [-0.2, 0) is 16.4 Å². The standard InChI is InChI=1S/C23H27ClN2O3S/c1-3-14-25(2)15-4-5-17-29-21-10-13-23-19(18-21)7-6-16-26(23)30(27,28)22-11-8-20(24)9-12-22/h3-5,8-13,18H,1,6-7,14-17H2,2H3/b5-4+. The van der Waals surface area contributed by atoms with Crippen LogP contribution in [0.2, 0.25) is 5.02 Å². The lowest BCUT2D eigenvalue weighted by atomic mass is 10.0. The lowest BCUT2D eigenvalue weighted by Gasteiger charge is -2.30. The molecule has 0 unspecified atom stereocenters. The van der Waals surface area contributed by atoms with Crippen molar-refractivity contribution in [2.45, 2.75) is 17.7 Å². The van der Waals surface area contributed by atoms with Crippen LogP contribution in [0.4, 0.5) is 5.69 Å². The van der Waals surface area contributed by atoms with Crippen LogP contribution in [0.15, 0.2) is 72.2 Å². The number of anilines is 1. The van der Waals surface area contributed by atoms with Gasteiger partial charge in [-0.1, -0.05) is 29.8 Å². The molecular formula is C23H27ClN2O3S. The Morgan fingerprint density at radius 3 is 2.67 bits per heavy atom. The Labute approximate surface area is 184 Å². The number of hydrogen-bond donors (Lipinski definition) is 0. The summed E-state index contributed by atoms with van der Waals surface area (Å²) in [4.78, 5) is 2.38. The summed E-state index contributed by atoms with van der Waals surface area (Å²) in [5.74, 6) is 0.739. The summed E-state index contributed by atoms with van der Waals surface area (Å²) in [6.45, 7) is 6.32. The largest absolute Gasteiger partial charge is 0.490 e. The second kappa shape index (κ2) is 10.2. The number of benzene rings is 2. The highest BCUT2D eigenvalue weighted by atomic mass is 35.5. The zero-order valence-electron chi connectivity index (χ0n) is 17.1. The highest BCUT2D eigenvalue weighted by Crippen LogP contribution is 2.34. The smallest absolute Gasteiger partial charge is 0.264 e. The van der Waals surface area contributed by atoms with Crippen molar-refractivity contribution >= 4 is 27.3 Å². The van der Waals surface area contributed by atoms with Crippen molar-refractivity contribution in [3.05, 3.63) is 77.9 Å². The third kappa shape index (κ3) is 5.45. The van der Waals surface area contributed by atoms with Crippen LogP contribution in [0, 0.1) is 0 Å². The van der Waals surface area contributed by atoms with Crippen molar-refractivity contribution < 1.29 is 13.2 Å². The Morgan fingerprint density at radius 2 is 1.93 bits per heavy atom. The molecule has 2 aromatic rings. The Kier molecular flexibility index (Phi) is 7.58. The van der Waals surface area contributed by atoms with Crippen LogP contribution in [-0.4, -0.2) is 46.6 Å². The molecule has 0 N–H and O–H groups in total. The van der Waals surface area contributed by atoms with Gasteiger partial charge in [0.25, 0.3) is 10.0 Å². The average molecular weight is 447 g/mol. The first-order valence-electron chi connectivity index (χ1n) is 9.90. The van der Waals surface area contributed by atoms with E-state index in [4.69, 9.17) is 16.3 Å². The molecule has 0 saturated heterocycles. The fourth-order valence-corrected chi connectivity index (χ4v) is 5.04.